The highest BCUT2D eigenvalue weighted by Crippen LogP contribution is 2.34. The Kier molecular flexibility index (Phi) is 4.22. The fraction of sp³-hybridized carbons (Fsp3) is 0.278. The van der Waals surface area contributed by atoms with E-state index in [4.69, 9.17) is 10.5 Å². The molecule has 1 atom stereocenters. The first-order valence-electron chi connectivity index (χ1n) is 7.49. The molecule has 3 N–H and O–H groups in total. The molecule has 114 valence electrons. The van der Waals surface area contributed by atoms with Crippen molar-refractivity contribution >= 4 is 5.91 Å². The van der Waals surface area contributed by atoms with E-state index < -0.39 is 5.91 Å². The van der Waals surface area contributed by atoms with Crippen LogP contribution in [0.5, 0.6) is 0 Å². The highest BCUT2D eigenvalue weighted by Gasteiger charge is 2.22. The summed E-state index contributed by atoms with van der Waals surface area (Å²) in [7, 11) is 1.93. The van der Waals surface area contributed by atoms with Crippen LogP contribution in [0.2, 0.25) is 0 Å². The van der Waals surface area contributed by atoms with Crippen molar-refractivity contribution < 1.29 is 9.53 Å². The Hall–Kier alpha value is -2.17. The molecular formula is C18H20N2O2. The van der Waals surface area contributed by atoms with Gasteiger partial charge >= 0.3 is 0 Å². The highest BCUT2D eigenvalue weighted by molar-refractivity contribution is 5.93. The van der Waals surface area contributed by atoms with Gasteiger partial charge in [0.25, 0.3) is 0 Å². The summed E-state index contributed by atoms with van der Waals surface area (Å²) in [6.07, 6.45) is 1.00. The van der Waals surface area contributed by atoms with E-state index in [1.165, 1.54) is 16.7 Å². The van der Waals surface area contributed by atoms with E-state index in [-0.39, 0.29) is 6.10 Å². The van der Waals surface area contributed by atoms with Gasteiger partial charge in [0, 0.05) is 12.1 Å². The van der Waals surface area contributed by atoms with Crippen molar-refractivity contribution in [3.05, 3.63) is 59.2 Å². The number of carbonyl (C=O) groups excluding carboxylic acids is 1. The van der Waals surface area contributed by atoms with Crippen LogP contribution in [-0.4, -0.2) is 26.1 Å². The van der Waals surface area contributed by atoms with E-state index in [0.29, 0.717) is 5.56 Å². The van der Waals surface area contributed by atoms with Crippen LogP contribution in [0.3, 0.4) is 0 Å². The van der Waals surface area contributed by atoms with Crippen molar-refractivity contribution in [2.24, 2.45) is 5.73 Å². The molecule has 4 heteroatoms. The van der Waals surface area contributed by atoms with Crippen LogP contribution in [0.15, 0.2) is 42.5 Å². The maximum atomic E-state index is 11.2. The zero-order valence-corrected chi connectivity index (χ0v) is 12.6. The molecule has 0 saturated heterocycles. The molecule has 0 saturated carbocycles. The van der Waals surface area contributed by atoms with Crippen molar-refractivity contribution in [3.8, 4) is 11.1 Å². The van der Waals surface area contributed by atoms with Gasteiger partial charge in [-0.25, -0.2) is 0 Å². The smallest absolute Gasteiger partial charge is 0.248 e. The Balaban J connectivity index is 2.01. The molecule has 0 fully saturated rings. The lowest BCUT2D eigenvalue weighted by atomic mass is 9.89. The molecule has 1 amide bonds. The number of amides is 1. The highest BCUT2D eigenvalue weighted by atomic mass is 16.5. The van der Waals surface area contributed by atoms with Crippen LogP contribution >= 0.6 is 0 Å². The number of hydrogen-bond acceptors (Lipinski definition) is 3. The average Bonchev–Trinajstić information content (AvgIpc) is 2.55. The van der Waals surface area contributed by atoms with Gasteiger partial charge in [-0.2, -0.15) is 0 Å². The minimum Gasteiger partial charge on any atom is -0.372 e. The fourth-order valence-corrected chi connectivity index (χ4v) is 3.02. The maximum Gasteiger partial charge on any atom is 0.248 e. The van der Waals surface area contributed by atoms with Crippen LogP contribution in [0.1, 0.15) is 27.6 Å². The van der Waals surface area contributed by atoms with Crippen LogP contribution in [0, 0.1) is 0 Å². The van der Waals surface area contributed by atoms with E-state index in [2.05, 4.69) is 23.5 Å². The monoisotopic (exact) mass is 296 g/mol. The molecule has 4 nitrogen and oxygen atoms in total. The molecule has 2 aromatic carbocycles. The van der Waals surface area contributed by atoms with E-state index in [9.17, 15) is 4.79 Å². The molecule has 2 aromatic rings. The van der Waals surface area contributed by atoms with E-state index in [0.717, 1.165) is 25.1 Å². The summed E-state index contributed by atoms with van der Waals surface area (Å²) in [5.41, 5.74) is 10.7. The molecule has 22 heavy (non-hydrogen) atoms. The van der Waals surface area contributed by atoms with Crippen molar-refractivity contribution in [1.29, 1.82) is 0 Å². The lowest BCUT2D eigenvalue weighted by Crippen LogP contribution is -2.25. The quantitative estimate of drug-likeness (QED) is 0.910. The number of ether oxygens (including phenoxy) is 1. The second kappa shape index (κ2) is 6.30. The van der Waals surface area contributed by atoms with Crippen molar-refractivity contribution in [2.75, 3.05) is 20.2 Å². The first-order valence-corrected chi connectivity index (χ1v) is 7.49. The number of nitrogens with two attached hydrogens (primary N) is 1. The summed E-state index contributed by atoms with van der Waals surface area (Å²) in [6, 6.07) is 13.8. The summed E-state index contributed by atoms with van der Waals surface area (Å²) >= 11 is 0. The molecular weight excluding hydrogens is 276 g/mol. The number of nitrogens with one attached hydrogen (secondary N) is 1. The van der Waals surface area contributed by atoms with Crippen LogP contribution in [0.4, 0.5) is 0 Å². The van der Waals surface area contributed by atoms with E-state index in [1.807, 2.05) is 19.2 Å². The molecule has 0 aromatic heterocycles. The third-order valence-corrected chi connectivity index (χ3v) is 4.10. The maximum absolute atomic E-state index is 11.2. The third kappa shape index (κ3) is 2.75. The molecule has 0 spiro atoms. The summed E-state index contributed by atoms with van der Waals surface area (Å²) in [4.78, 5) is 11.2. The Labute approximate surface area is 130 Å². The van der Waals surface area contributed by atoms with Gasteiger partial charge in [-0.1, -0.05) is 30.3 Å². The number of carbonyl (C=O) groups is 1. The molecule has 0 aliphatic carbocycles. The van der Waals surface area contributed by atoms with E-state index >= 15 is 0 Å². The van der Waals surface area contributed by atoms with Crippen LogP contribution < -0.4 is 11.1 Å². The molecule has 0 bridgehead atoms. The molecule has 1 heterocycles. The summed E-state index contributed by atoms with van der Waals surface area (Å²) < 4.78 is 5.86. The minimum atomic E-state index is -0.399. The molecule has 0 unspecified atom stereocenters. The second-order valence-electron chi connectivity index (χ2n) is 5.48. The van der Waals surface area contributed by atoms with Gasteiger partial charge in [-0.15, -0.1) is 0 Å². The van der Waals surface area contributed by atoms with Crippen molar-refractivity contribution in [3.63, 3.8) is 0 Å². The number of benzene rings is 2. The van der Waals surface area contributed by atoms with Crippen LogP contribution in [-0.2, 0) is 11.2 Å². The van der Waals surface area contributed by atoms with Gasteiger partial charge in [0.15, 0.2) is 0 Å². The van der Waals surface area contributed by atoms with Crippen molar-refractivity contribution in [2.45, 2.75) is 12.5 Å². The molecule has 0 radical (unpaired) electrons. The molecule has 1 aliphatic heterocycles. The van der Waals surface area contributed by atoms with E-state index in [1.54, 1.807) is 12.1 Å². The number of primary amides is 1. The zero-order chi connectivity index (χ0) is 15.5. The SMILES string of the molecule is CNC[C@@H]1OCCc2c(-c3ccc(C(N)=O)cc3)cccc21. The topological polar surface area (TPSA) is 64.3 Å². The first-order chi connectivity index (χ1) is 10.7. The van der Waals surface area contributed by atoms with Crippen LogP contribution in [0.25, 0.3) is 11.1 Å². The summed E-state index contributed by atoms with van der Waals surface area (Å²) in [5, 5.41) is 3.18. The standard InChI is InChI=1S/C18H20N2O2/c1-20-11-17-16-4-2-3-14(15(16)9-10-22-17)12-5-7-13(8-6-12)18(19)21/h2-8,17,20H,9-11H2,1H3,(H2,19,21)/t17-/m0/s1. The molecule has 1 aliphatic rings. The van der Waals surface area contributed by atoms with Gasteiger partial charge < -0.3 is 15.8 Å². The number of likely N-dealkylation sites (N-methyl/N-ethyl adjacent to an activating group) is 1. The lowest BCUT2D eigenvalue weighted by molar-refractivity contribution is 0.0440. The number of fused-ring (bicyclic) bond motifs is 1. The lowest BCUT2D eigenvalue weighted by Gasteiger charge is -2.28. The van der Waals surface area contributed by atoms with Crippen molar-refractivity contribution in [1.82, 2.24) is 5.32 Å². The fourth-order valence-electron chi connectivity index (χ4n) is 3.02. The van der Waals surface area contributed by atoms with Gasteiger partial charge in [0.2, 0.25) is 5.91 Å². The molecule has 3 rings (SSSR count). The average molecular weight is 296 g/mol. The number of hydrogen-bond donors (Lipinski definition) is 2. The predicted octanol–water partition coefficient (Wildman–Crippen LogP) is 2.29. The first kappa shape index (κ1) is 14.8. The van der Waals surface area contributed by atoms with Gasteiger partial charge in [-0.3, -0.25) is 4.79 Å². The summed E-state index contributed by atoms with van der Waals surface area (Å²) in [6.45, 7) is 1.53. The largest absolute Gasteiger partial charge is 0.372 e. The predicted molar refractivity (Wildman–Crippen MR) is 86.7 cm³/mol. The Bertz CT molecular complexity index is 680. The normalized spacial score (nSPS) is 17.0. The Morgan fingerprint density at radius 1 is 1.27 bits per heavy atom. The van der Waals surface area contributed by atoms with Gasteiger partial charge in [0.05, 0.1) is 12.7 Å². The van der Waals surface area contributed by atoms with Gasteiger partial charge in [-0.05, 0) is 47.9 Å². The Morgan fingerprint density at radius 3 is 2.73 bits per heavy atom. The van der Waals surface area contributed by atoms with Gasteiger partial charge in [0.1, 0.15) is 0 Å². The summed E-state index contributed by atoms with van der Waals surface area (Å²) in [5.74, 6) is -0.399. The Morgan fingerprint density at radius 2 is 2.05 bits per heavy atom. The minimum absolute atomic E-state index is 0.0959. The zero-order valence-electron chi connectivity index (χ0n) is 12.6. The third-order valence-electron chi connectivity index (χ3n) is 4.10. The second-order valence-corrected chi connectivity index (χ2v) is 5.48. The number of rotatable bonds is 4.